The predicted molar refractivity (Wildman–Crippen MR) is 73.3 cm³/mol. The molecule has 1 N–H and O–H groups in total. The van der Waals surface area contributed by atoms with Crippen LogP contribution in [0.5, 0.6) is 0 Å². The predicted octanol–water partition coefficient (Wildman–Crippen LogP) is 1.80. The molecule has 106 valence electrons. The quantitative estimate of drug-likeness (QED) is 0.934. The zero-order valence-corrected chi connectivity index (χ0v) is 11.5. The summed E-state index contributed by atoms with van der Waals surface area (Å²) in [6.45, 7) is 0.748. The highest BCUT2D eigenvalue weighted by atomic mass is 35.5. The molecule has 1 fully saturated rings. The Morgan fingerprint density at radius 1 is 1.40 bits per heavy atom. The zero-order chi connectivity index (χ0) is 14.0. The molecule has 20 heavy (non-hydrogen) atoms. The van der Waals surface area contributed by atoms with E-state index in [4.69, 9.17) is 21.1 Å². The Labute approximate surface area is 121 Å². The Hall–Kier alpha value is -1.40. The number of benzene rings is 1. The molecule has 2 aromatic rings. The number of halogens is 1. The van der Waals surface area contributed by atoms with Crippen LogP contribution in [0.1, 0.15) is 5.56 Å². The van der Waals surface area contributed by atoms with E-state index < -0.39 is 5.79 Å². The third-order valence-corrected chi connectivity index (χ3v) is 3.55. The smallest absolute Gasteiger partial charge is 0.214 e. The summed E-state index contributed by atoms with van der Waals surface area (Å²) in [4.78, 5) is 4.02. The molecular weight excluding hydrogens is 280 g/mol. The lowest BCUT2D eigenvalue weighted by Crippen LogP contribution is -2.33. The fourth-order valence-electron chi connectivity index (χ4n) is 2.30. The van der Waals surface area contributed by atoms with Crippen LogP contribution in [0, 0.1) is 0 Å². The second kappa shape index (κ2) is 5.54. The summed E-state index contributed by atoms with van der Waals surface area (Å²) in [5.74, 6) is -0.918. The number of aliphatic hydroxyl groups is 1. The molecule has 0 spiro atoms. The lowest BCUT2D eigenvalue weighted by Gasteiger charge is -2.29. The molecule has 0 saturated carbocycles. The topological polar surface area (TPSA) is 56.5 Å². The van der Waals surface area contributed by atoms with Crippen LogP contribution in [0.2, 0.25) is 5.02 Å². The maximum atomic E-state index is 9.27. The van der Waals surface area contributed by atoms with Gasteiger partial charge in [0.25, 0.3) is 0 Å². The van der Waals surface area contributed by atoms with E-state index >= 15 is 0 Å². The fraction of sp³-hybridized carbons (Fsp3) is 0.357. The van der Waals surface area contributed by atoms with Gasteiger partial charge >= 0.3 is 0 Å². The number of nitrogens with zero attached hydrogens (tertiary/aromatic N) is 2. The van der Waals surface area contributed by atoms with Gasteiger partial charge in [0.1, 0.15) is 6.10 Å². The molecule has 6 heteroatoms. The number of hydrogen-bond donors (Lipinski definition) is 1. The number of rotatable bonds is 4. The van der Waals surface area contributed by atoms with Crippen molar-refractivity contribution in [3.8, 4) is 0 Å². The summed E-state index contributed by atoms with van der Waals surface area (Å²) in [7, 11) is 0. The van der Waals surface area contributed by atoms with Gasteiger partial charge in [-0.3, -0.25) is 0 Å². The number of aromatic nitrogens is 2. The van der Waals surface area contributed by atoms with E-state index in [1.165, 1.54) is 0 Å². The van der Waals surface area contributed by atoms with Gasteiger partial charge in [-0.1, -0.05) is 23.7 Å². The monoisotopic (exact) mass is 294 g/mol. The third-order valence-electron chi connectivity index (χ3n) is 3.30. The molecule has 1 aliphatic rings. The molecule has 1 aliphatic heterocycles. The second-order valence-electron chi connectivity index (χ2n) is 4.73. The van der Waals surface area contributed by atoms with Crippen LogP contribution in [0.15, 0.2) is 43.0 Å². The molecule has 1 aromatic heterocycles. The number of aliphatic hydroxyl groups excluding tert-OH is 1. The van der Waals surface area contributed by atoms with E-state index in [0.29, 0.717) is 18.2 Å². The van der Waals surface area contributed by atoms with Crippen molar-refractivity contribution in [2.24, 2.45) is 0 Å². The Morgan fingerprint density at radius 2 is 2.20 bits per heavy atom. The lowest BCUT2D eigenvalue weighted by molar-refractivity contribution is -0.190. The first-order valence-corrected chi connectivity index (χ1v) is 6.74. The van der Waals surface area contributed by atoms with E-state index in [1.54, 1.807) is 24.7 Å². The number of ether oxygens (including phenoxy) is 2. The van der Waals surface area contributed by atoms with E-state index in [1.807, 2.05) is 22.9 Å². The Kier molecular flexibility index (Phi) is 3.76. The van der Waals surface area contributed by atoms with Crippen molar-refractivity contribution in [2.75, 3.05) is 13.2 Å². The van der Waals surface area contributed by atoms with Crippen molar-refractivity contribution < 1.29 is 14.6 Å². The molecule has 1 aromatic carbocycles. The average Bonchev–Trinajstić information content (AvgIpc) is 3.10. The molecule has 0 amide bonds. The van der Waals surface area contributed by atoms with E-state index in [2.05, 4.69) is 4.98 Å². The van der Waals surface area contributed by atoms with Crippen LogP contribution in [0.4, 0.5) is 0 Å². The first kappa shape index (κ1) is 13.6. The fourth-order valence-corrected chi connectivity index (χ4v) is 2.43. The summed E-state index contributed by atoms with van der Waals surface area (Å²) in [6, 6.07) is 7.34. The molecule has 0 bridgehead atoms. The normalized spacial score (nSPS) is 26.0. The molecule has 3 rings (SSSR count). The van der Waals surface area contributed by atoms with Crippen molar-refractivity contribution in [1.82, 2.24) is 9.55 Å². The van der Waals surface area contributed by atoms with Gasteiger partial charge in [0.2, 0.25) is 5.79 Å². The van der Waals surface area contributed by atoms with Crippen molar-refractivity contribution in [3.05, 3.63) is 53.6 Å². The summed E-state index contributed by atoms with van der Waals surface area (Å²) in [5, 5.41) is 9.93. The van der Waals surface area contributed by atoms with Gasteiger partial charge in [0.05, 0.1) is 26.1 Å². The lowest BCUT2D eigenvalue weighted by atomic mass is 10.1. The maximum absolute atomic E-state index is 9.27. The van der Waals surface area contributed by atoms with Crippen LogP contribution in [-0.2, 0) is 21.8 Å². The van der Waals surface area contributed by atoms with E-state index in [9.17, 15) is 5.11 Å². The highest BCUT2D eigenvalue weighted by molar-refractivity contribution is 6.30. The molecule has 0 unspecified atom stereocenters. The Morgan fingerprint density at radius 3 is 2.80 bits per heavy atom. The van der Waals surface area contributed by atoms with Crippen molar-refractivity contribution >= 4 is 11.6 Å². The summed E-state index contributed by atoms with van der Waals surface area (Å²) in [5.41, 5.74) is 0.867. The summed E-state index contributed by atoms with van der Waals surface area (Å²) in [6.07, 6.45) is 4.93. The minimum Gasteiger partial charge on any atom is -0.394 e. The van der Waals surface area contributed by atoms with Gasteiger partial charge in [-0.2, -0.15) is 0 Å². The van der Waals surface area contributed by atoms with Gasteiger partial charge in [0.15, 0.2) is 0 Å². The second-order valence-corrected chi connectivity index (χ2v) is 5.16. The number of imidazole rings is 1. The zero-order valence-electron chi connectivity index (χ0n) is 10.8. The Balaban J connectivity index is 1.93. The van der Waals surface area contributed by atoms with Crippen LogP contribution >= 0.6 is 11.6 Å². The molecule has 2 atom stereocenters. The summed E-state index contributed by atoms with van der Waals surface area (Å²) >= 11 is 5.93. The van der Waals surface area contributed by atoms with E-state index in [0.717, 1.165) is 5.56 Å². The number of hydrogen-bond acceptors (Lipinski definition) is 4. The molecule has 0 aliphatic carbocycles. The average molecular weight is 295 g/mol. The van der Waals surface area contributed by atoms with Crippen molar-refractivity contribution in [1.29, 1.82) is 0 Å². The van der Waals surface area contributed by atoms with E-state index in [-0.39, 0.29) is 12.7 Å². The molecule has 2 heterocycles. The van der Waals surface area contributed by atoms with Crippen LogP contribution in [0.25, 0.3) is 0 Å². The van der Waals surface area contributed by atoms with Gasteiger partial charge in [0, 0.05) is 23.0 Å². The van der Waals surface area contributed by atoms with Crippen LogP contribution in [0.3, 0.4) is 0 Å². The third kappa shape index (κ3) is 2.58. The minimum absolute atomic E-state index is 0.0702. The Bertz CT molecular complexity index is 558. The highest BCUT2D eigenvalue weighted by Gasteiger charge is 2.43. The first-order chi connectivity index (χ1) is 9.72. The highest BCUT2D eigenvalue weighted by Crippen LogP contribution is 2.36. The van der Waals surface area contributed by atoms with Gasteiger partial charge in [-0.15, -0.1) is 0 Å². The molecule has 1 saturated heterocycles. The maximum Gasteiger partial charge on any atom is 0.214 e. The molecule has 0 radical (unpaired) electrons. The van der Waals surface area contributed by atoms with Gasteiger partial charge in [-0.25, -0.2) is 4.98 Å². The first-order valence-electron chi connectivity index (χ1n) is 6.36. The van der Waals surface area contributed by atoms with Crippen molar-refractivity contribution in [3.63, 3.8) is 0 Å². The minimum atomic E-state index is -0.918. The SMILES string of the molecule is OC[C@@H]1CO[C@](Cn2ccnc2)(c2ccc(Cl)cc2)O1. The van der Waals surface area contributed by atoms with Crippen LogP contribution < -0.4 is 0 Å². The van der Waals surface area contributed by atoms with Gasteiger partial charge in [-0.05, 0) is 12.1 Å². The summed E-state index contributed by atoms with van der Waals surface area (Å²) < 4.78 is 13.7. The van der Waals surface area contributed by atoms with Crippen LogP contribution in [-0.4, -0.2) is 34.0 Å². The molecular formula is C14H15ClN2O3. The van der Waals surface area contributed by atoms with Gasteiger partial charge < -0.3 is 19.1 Å². The van der Waals surface area contributed by atoms with Crippen molar-refractivity contribution in [2.45, 2.75) is 18.4 Å². The largest absolute Gasteiger partial charge is 0.394 e. The standard InChI is InChI=1S/C14H15ClN2O3/c15-12-3-1-11(2-4-12)14(9-17-6-5-16-10-17)19-8-13(7-18)20-14/h1-6,10,13,18H,7-9H2/t13-,14+/m1/s1. The molecule has 5 nitrogen and oxygen atoms in total.